The molecular weight excluding hydrogens is 362 g/mol. The predicted octanol–water partition coefficient (Wildman–Crippen LogP) is 1.39. The van der Waals surface area contributed by atoms with Crippen LogP contribution in [0.15, 0.2) is 23.2 Å². The van der Waals surface area contributed by atoms with E-state index in [1.54, 1.807) is 19.1 Å². The molecule has 1 aliphatic heterocycles. The molecule has 0 bridgehead atoms. The minimum atomic E-state index is -0.951. The number of ether oxygens (including phenoxy) is 4. The first-order valence-corrected chi connectivity index (χ1v) is 8.80. The van der Waals surface area contributed by atoms with Gasteiger partial charge >= 0.3 is 11.9 Å². The van der Waals surface area contributed by atoms with Crippen molar-refractivity contribution in [1.82, 2.24) is 0 Å². The molecule has 0 radical (unpaired) electrons. The number of esters is 2. The van der Waals surface area contributed by atoms with Crippen molar-refractivity contribution < 1.29 is 33.6 Å². The number of aromatic hydroxyl groups is 1. The van der Waals surface area contributed by atoms with E-state index in [1.807, 2.05) is 0 Å². The van der Waals surface area contributed by atoms with Gasteiger partial charge in [0.05, 0.1) is 20.8 Å². The second kappa shape index (κ2) is 8.91. The summed E-state index contributed by atoms with van der Waals surface area (Å²) in [6, 6.07) is 4.83. The summed E-state index contributed by atoms with van der Waals surface area (Å²) < 4.78 is 19.8. The lowest BCUT2D eigenvalue weighted by molar-refractivity contribution is -0.146. The Morgan fingerprint density at radius 3 is 2.69 bits per heavy atom. The van der Waals surface area contributed by atoms with Gasteiger partial charge in [-0.1, -0.05) is 0 Å². The zero-order valence-corrected chi connectivity index (χ0v) is 15.6. The predicted molar refractivity (Wildman–Crippen MR) is 95.9 cm³/mol. The van der Waals surface area contributed by atoms with E-state index < -0.39 is 17.5 Å². The van der Waals surface area contributed by atoms with Crippen LogP contribution in [0.25, 0.3) is 0 Å². The zero-order chi connectivity index (χ0) is 19.2. The van der Waals surface area contributed by atoms with Gasteiger partial charge in [0.1, 0.15) is 29.8 Å². The summed E-state index contributed by atoms with van der Waals surface area (Å²) >= 11 is 1.38. The summed E-state index contributed by atoms with van der Waals surface area (Å²) in [6.45, 7) is 1.98. The van der Waals surface area contributed by atoms with Gasteiger partial charge in [-0.3, -0.25) is 4.99 Å². The summed E-state index contributed by atoms with van der Waals surface area (Å²) in [5.41, 5.74) is -0.426. The van der Waals surface area contributed by atoms with Crippen molar-refractivity contribution in [2.24, 2.45) is 4.99 Å². The van der Waals surface area contributed by atoms with Crippen molar-refractivity contribution in [3.63, 3.8) is 0 Å². The van der Waals surface area contributed by atoms with Gasteiger partial charge in [0, 0.05) is 17.4 Å². The summed E-state index contributed by atoms with van der Waals surface area (Å²) in [7, 11) is 2.61. The molecule has 9 heteroatoms. The molecule has 0 spiro atoms. The van der Waals surface area contributed by atoms with Gasteiger partial charge in [0.25, 0.3) is 0 Å². The molecule has 2 rings (SSSR count). The van der Waals surface area contributed by atoms with Crippen LogP contribution in [0.4, 0.5) is 0 Å². The Morgan fingerprint density at radius 2 is 2.04 bits per heavy atom. The molecule has 8 nitrogen and oxygen atoms in total. The summed E-state index contributed by atoms with van der Waals surface area (Å²) in [6.07, 6.45) is 0. The third-order valence-corrected chi connectivity index (χ3v) is 4.90. The summed E-state index contributed by atoms with van der Waals surface area (Å²) in [5, 5.41) is 10.8. The van der Waals surface area contributed by atoms with Gasteiger partial charge in [-0.25, -0.2) is 9.59 Å². The highest BCUT2D eigenvalue weighted by Gasteiger charge is 2.40. The van der Waals surface area contributed by atoms with Crippen molar-refractivity contribution in [2.45, 2.75) is 12.5 Å². The molecule has 0 fully saturated rings. The van der Waals surface area contributed by atoms with Crippen molar-refractivity contribution in [3.8, 4) is 11.5 Å². The molecule has 0 saturated carbocycles. The fourth-order valence-corrected chi connectivity index (χ4v) is 3.37. The molecule has 1 N–H and O–H groups in total. The fourth-order valence-electron chi connectivity index (χ4n) is 2.17. The van der Waals surface area contributed by atoms with E-state index in [4.69, 9.17) is 14.2 Å². The molecule has 1 aromatic carbocycles. The van der Waals surface area contributed by atoms with Crippen LogP contribution in [-0.4, -0.2) is 67.4 Å². The zero-order valence-electron chi connectivity index (χ0n) is 14.8. The van der Waals surface area contributed by atoms with Crippen LogP contribution < -0.4 is 4.74 Å². The minimum absolute atomic E-state index is 0.00153. The number of phenolic OH excluding ortho intramolecular Hbond substituents is 1. The molecule has 0 aliphatic carbocycles. The molecule has 1 atom stereocenters. The number of carbonyl (C=O) groups is 2. The molecule has 0 unspecified atom stereocenters. The Morgan fingerprint density at radius 1 is 1.27 bits per heavy atom. The van der Waals surface area contributed by atoms with E-state index in [9.17, 15) is 14.7 Å². The van der Waals surface area contributed by atoms with Gasteiger partial charge < -0.3 is 24.1 Å². The largest absolute Gasteiger partial charge is 0.507 e. The average Bonchev–Trinajstić information content (AvgIpc) is 3.03. The number of hydrogen-bond donors (Lipinski definition) is 1. The molecule has 26 heavy (non-hydrogen) atoms. The highest BCUT2D eigenvalue weighted by Crippen LogP contribution is 2.35. The van der Waals surface area contributed by atoms with Crippen LogP contribution in [-0.2, 0) is 23.8 Å². The number of rotatable bonds is 8. The van der Waals surface area contributed by atoms with Crippen LogP contribution in [0.5, 0.6) is 11.5 Å². The lowest BCUT2D eigenvalue weighted by Crippen LogP contribution is -2.34. The molecule has 1 aliphatic rings. The molecule has 0 amide bonds. The summed E-state index contributed by atoms with van der Waals surface area (Å²) in [5.74, 6) is 0.0299. The van der Waals surface area contributed by atoms with Crippen LogP contribution in [0, 0.1) is 0 Å². The van der Waals surface area contributed by atoms with Crippen molar-refractivity contribution in [2.75, 3.05) is 39.8 Å². The number of hydrogen-bond acceptors (Lipinski definition) is 9. The monoisotopic (exact) mass is 383 g/mol. The third-order valence-electron chi connectivity index (χ3n) is 3.61. The van der Waals surface area contributed by atoms with Gasteiger partial charge in [-0.15, -0.1) is 11.8 Å². The first-order chi connectivity index (χ1) is 12.4. The number of methoxy groups -OCH3 is 2. The van der Waals surface area contributed by atoms with Crippen molar-refractivity contribution in [3.05, 3.63) is 23.8 Å². The third kappa shape index (κ3) is 4.89. The fraction of sp³-hybridized carbons (Fsp3) is 0.471. The van der Waals surface area contributed by atoms with E-state index in [1.165, 1.54) is 32.0 Å². The van der Waals surface area contributed by atoms with E-state index in [0.717, 1.165) is 0 Å². The van der Waals surface area contributed by atoms with Crippen LogP contribution in [0.1, 0.15) is 12.5 Å². The molecular formula is C17H21NO7S. The first-order valence-electron chi connectivity index (χ1n) is 7.81. The maximum atomic E-state index is 11.8. The number of aliphatic imine (C=N–C) groups is 1. The Kier molecular flexibility index (Phi) is 6.87. The second-order valence-corrected chi connectivity index (χ2v) is 6.59. The van der Waals surface area contributed by atoms with E-state index in [0.29, 0.717) is 22.1 Å². The lowest BCUT2D eigenvalue weighted by Gasteiger charge is -2.15. The van der Waals surface area contributed by atoms with Gasteiger partial charge in [0.15, 0.2) is 5.54 Å². The first kappa shape index (κ1) is 20.1. The molecule has 0 aromatic heterocycles. The normalized spacial score (nSPS) is 19.0. The quantitative estimate of drug-likeness (QED) is 0.530. The van der Waals surface area contributed by atoms with Crippen molar-refractivity contribution >= 4 is 28.7 Å². The van der Waals surface area contributed by atoms with Gasteiger partial charge in [0.2, 0.25) is 0 Å². The number of nitrogens with zero attached hydrogens (tertiary/aromatic N) is 1. The van der Waals surface area contributed by atoms with Gasteiger partial charge in [-0.2, -0.15) is 0 Å². The Hall–Kier alpha value is -2.26. The Bertz CT molecular complexity index is 706. The maximum absolute atomic E-state index is 11.8. The minimum Gasteiger partial charge on any atom is -0.507 e. The van der Waals surface area contributed by atoms with E-state index in [-0.39, 0.29) is 25.6 Å². The van der Waals surface area contributed by atoms with Gasteiger partial charge in [-0.05, 0) is 19.1 Å². The molecule has 0 saturated heterocycles. The highest BCUT2D eigenvalue weighted by molar-refractivity contribution is 8.14. The second-order valence-electron chi connectivity index (χ2n) is 5.63. The number of benzene rings is 1. The van der Waals surface area contributed by atoms with E-state index >= 15 is 0 Å². The number of thioether (sulfide) groups is 1. The number of phenols is 1. The number of carbonyl (C=O) groups excluding carboxylic acids is 2. The smallest absolute Gasteiger partial charge is 0.334 e. The molecule has 142 valence electrons. The standard InChI is InChI=1S/C17H21NO7S/c1-17(16(21)23-3)10-26-15(18-17)12-5-4-11(8-13(12)19)25-7-6-24-9-14(20)22-2/h4-5,8,19H,6-7,9-10H2,1-3H3/t17-/m1/s1. The SMILES string of the molecule is COC(=O)COCCOc1ccc(C2=N[C@@](C)(C(=O)OC)CS2)c(O)c1. The lowest BCUT2D eigenvalue weighted by atomic mass is 10.1. The highest BCUT2D eigenvalue weighted by atomic mass is 32.2. The van der Waals surface area contributed by atoms with Crippen molar-refractivity contribution in [1.29, 1.82) is 0 Å². The Balaban J connectivity index is 1.94. The van der Waals surface area contributed by atoms with Crippen LogP contribution in [0.2, 0.25) is 0 Å². The average molecular weight is 383 g/mol. The van der Waals surface area contributed by atoms with Crippen LogP contribution >= 0.6 is 11.8 Å². The van der Waals surface area contributed by atoms with E-state index in [2.05, 4.69) is 9.73 Å². The van der Waals surface area contributed by atoms with Crippen LogP contribution in [0.3, 0.4) is 0 Å². The maximum Gasteiger partial charge on any atom is 0.334 e. The Labute approximate surface area is 155 Å². The molecule has 1 aromatic rings. The molecule has 1 heterocycles. The summed E-state index contributed by atoms with van der Waals surface area (Å²) in [4.78, 5) is 27.1. The topological polar surface area (TPSA) is 104 Å².